The zero-order valence-corrected chi connectivity index (χ0v) is 9.59. The quantitative estimate of drug-likeness (QED) is 0.644. The van der Waals surface area contributed by atoms with E-state index >= 15 is 0 Å². The van der Waals surface area contributed by atoms with Crippen molar-refractivity contribution >= 4 is 11.9 Å². The van der Waals surface area contributed by atoms with Crippen molar-refractivity contribution in [3.05, 3.63) is 0 Å². The second-order valence-electron chi connectivity index (χ2n) is 4.18. The van der Waals surface area contributed by atoms with Crippen molar-refractivity contribution < 1.29 is 14.3 Å². The normalized spacial score (nSPS) is 10.9. The van der Waals surface area contributed by atoms with Gasteiger partial charge in [0, 0.05) is 19.4 Å². The Morgan fingerprint density at radius 2 is 1.71 bits per heavy atom. The molecular formula is C10H19NO3. The van der Waals surface area contributed by atoms with Gasteiger partial charge in [-0.2, -0.15) is 0 Å². The largest absolute Gasteiger partial charge is 0.464 e. The number of hydrogen-bond donors (Lipinski definition) is 0. The molecule has 4 nitrogen and oxygen atoms in total. The van der Waals surface area contributed by atoms with Crippen molar-refractivity contribution in [3.8, 4) is 0 Å². The molecule has 14 heavy (non-hydrogen) atoms. The number of ether oxygens (including phenoxy) is 1. The van der Waals surface area contributed by atoms with Crippen molar-refractivity contribution in [1.29, 1.82) is 0 Å². The number of hydrogen-bond acceptors (Lipinski definition) is 3. The van der Waals surface area contributed by atoms with Crippen LogP contribution in [0, 0.1) is 0 Å². The van der Waals surface area contributed by atoms with E-state index in [4.69, 9.17) is 4.74 Å². The number of carbonyl (C=O) groups excluding carboxylic acids is 2. The van der Waals surface area contributed by atoms with Crippen LogP contribution < -0.4 is 0 Å². The highest BCUT2D eigenvalue weighted by atomic mass is 16.5. The molecule has 0 radical (unpaired) electrons. The summed E-state index contributed by atoms with van der Waals surface area (Å²) in [6, 6.07) is 0. The first-order valence-electron chi connectivity index (χ1n) is 4.66. The van der Waals surface area contributed by atoms with E-state index in [1.54, 1.807) is 4.90 Å². The van der Waals surface area contributed by atoms with Gasteiger partial charge in [-0.25, -0.2) is 0 Å². The van der Waals surface area contributed by atoms with E-state index < -0.39 is 0 Å². The van der Waals surface area contributed by atoms with Crippen LogP contribution in [-0.2, 0) is 14.3 Å². The van der Waals surface area contributed by atoms with Gasteiger partial charge in [-0.05, 0) is 20.8 Å². The molecule has 0 bridgehead atoms. The molecule has 0 N–H and O–H groups in total. The van der Waals surface area contributed by atoms with E-state index in [0.717, 1.165) is 0 Å². The van der Waals surface area contributed by atoms with Crippen LogP contribution in [0.4, 0.5) is 0 Å². The molecule has 0 atom stereocenters. The molecule has 0 fully saturated rings. The third-order valence-electron chi connectivity index (χ3n) is 1.81. The average molecular weight is 201 g/mol. The summed E-state index contributed by atoms with van der Waals surface area (Å²) >= 11 is 0. The fraction of sp³-hybridized carbons (Fsp3) is 0.800. The van der Waals surface area contributed by atoms with Crippen molar-refractivity contribution in [2.45, 2.75) is 40.2 Å². The molecule has 0 aliphatic rings. The van der Waals surface area contributed by atoms with Crippen LogP contribution >= 0.6 is 0 Å². The maximum absolute atomic E-state index is 11.3. The Kier molecular flexibility index (Phi) is 4.60. The highest BCUT2D eigenvalue weighted by molar-refractivity contribution is 5.74. The second-order valence-corrected chi connectivity index (χ2v) is 4.18. The van der Waals surface area contributed by atoms with Crippen LogP contribution in [0.2, 0.25) is 0 Å². The standard InChI is InChI=1S/C10H19NO3/c1-8(12)11(10(3,4)5)6-7-14-9(2)13/h6-7H2,1-5H3. The zero-order chi connectivity index (χ0) is 11.4. The Morgan fingerprint density at radius 3 is 2.00 bits per heavy atom. The van der Waals surface area contributed by atoms with Crippen molar-refractivity contribution in [2.75, 3.05) is 13.2 Å². The molecule has 0 rings (SSSR count). The molecule has 0 aromatic heterocycles. The summed E-state index contributed by atoms with van der Waals surface area (Å²) in [5.74, 6) is -0.327. The Hall–Kier alpha value is -1.06. The molecule has 0 saturated heterocycles. The van der Waals surface area contributed by atoms with Gasteiger partial charge < -0.3 is 9.64 Å². The van der Waals surface area contributed by atoms with E-state index in [1.807, 2.05) is 20.8 Å². The maximum atomic E-state index is 11.3. The lowest BCUT2D eigenvalue weighted by molar-refractivity contribution is -0.145. The average Bonchev–Trinajstić information content (AvgIpc) is 1.94. The van der Waals surface area contributed by atoms with Crippen molar-refractivity contribution in [2.24, 2.45) is 0 Å². The summed E-state index contributed by atoms with van der Waals surface area (Å²) in [5.41, 5.74) is -0.230. The summed E-state index contributed by atoms with van der Waals surface area (Å²) in [6.45, 7) is 9.41. The summed E-state index contributed by atoms with van der Waals surface area (Å²) in [7, 11) is 0. The zero-order valence-electron chi connectivity index (χ0n) is 9.59. The summed E-state index contributed by atoms with van der Waals surface area (Å²) in [5, 5.41) is 0. The first-order valence-corrected chi connectivity index (χ1v) is 4.66. The minimum Gasteiger partial charge on any atom is -0.464 e. The van der Waals surface area contributed by atoms with Gasteiger partial charge in [0.05, 0.1) is 6.54 Å². The predicted octanol–water partition coefficient (Wildman–Crippen LogP) is 1.20. The fourth-order valence-electron chi connectivity index (χ4n) is 1.25. The lowest BCUT2D eigenvalue weighted by Gasteiger charge is -2.34. The first kappa shape index (κ1) is 12.9. The van der Waals surface area contributed by atoms with Crippen LogP contribution in [0.3, 0.4) is 0 Å². The topological polar surface area (TPSA) is 46.6 Å². The third-order valence-corrected chi connectivity index (χ3v) is 1.81. The number of nitrogens with zero attached hydrogens (tertiary/aromatic N) is 1. The van der Waals surface area contributed by atoms with Gasteiger partial charge in [-0.15, -0.1) is 0 Å². The molecule has 0 unspecified atom stereocenters. The van der Waals surface area contributed by atoms with Gasteiger partial charge in [0.25, 0.3) is 0 Å². The lowest BCUT2D eigenvalue weighted by atomic mass is 10.1. The number of carbonyl (C=O) groups is 2. The molecule has 82 valence electrons. The van der Waals surface area contributed by atoms with Crippen LogP contribution in [0.1, 0.15) is 34.6 Å². The Morgan fingerprint density at radius 1 is 1.21 bits per heavy atom. The minimum absolute atomic E-state index is 0.00958. The van der Waals surface area contributed by atoms with E-state index in [1.165, 1.54) is 13.8 Å². The Labute approximate surface area is 85.2 Å². The third kappa shape index (κ3) is 4.84. The smallest absolute Gasteiger partial charge is 0.302 e. The summed E-state index contributed by atoms with van der Waals surface area (Å²) < 4.78 is 4.78. The SMILES string of the molecule is CC(=O)OCCN(C(C)=O)C(C)(C)C. The minimum atomic E-state index is -0.317. The number of amides is 1. The Bertz CT molecular complexity index is 218. The molecular weight excluding hydrogens is 182 g/mol. The van der Waals surface area contributed by atoms with Gasteiger partial charge >= 0.3 is 5.97 Å². The van der Waals surface area contributed by atoms with Gasteiger partial charge in [0.15, 0.2) is 0 Å². The molecule has 1 amide bonds. The number of esters is 1. The molecule has 0 aliphatic heterocycles. The first-order chi connectivity index (χ1) is 6.25. The summed E-state index contributed by atoms with van der Waals surface area (Å²) in [4.78, 5) is 23.4. The lowest BCUT2D eigenvalue weighted by Crippen LogP contribution is -2.46. The second kappa shape index (κ2) is 4.98. The molecule has 0 saturated carbocycles. The van der Waals surface area contributed by atoms with Crippen LogP contribution in [0.5, 0.6) is 0 Å². The monoisotopic (exact) mass is 201 g/mol. The maximum Gasteiger partial charge on any atom is 0.302 e. The van der Waals surface area contributed by atoms with Gasteiger partial charge in [-0.1, -0.05) is 0 Å². The predicted molar refractivity (Wildman–Crippen MR) is 53.8 cm³/mol. The van der Waals surface area contributed by atoms with Crippen molar-refractivity contribution in [3.63, 3.8) is 0 Å². The highest BCUT2D eigenvalue weighted by Crippen LogP contribution is 2.12. The van der Waals surface area contributed by atoms with Gasteiger partial charge in [0.1, 0.15) is 6.61 Å². The van der Waals surface area contributed by atoms with Gasteiger partial charge in [0.2, 0.25) is 5.91 Å². The molecule has 0 aromatic carbocycles. The molecule has 0 heterocycles. The highest BCUT2D eigenvalue weighted by Gasteiger charge is 2.23. The fourth-order valence-corrected chi connectivity index (χ4v) is 1.25. The van der Waals surface area contributed by atoms with Gasteiger partial charge in [-0.3, -0.25) is 9.59 Å². The van der Waals surface area contributed by atoms with Crippen LogP contribution in [0.15, 0.2) is 0 Å². The number of rotatable bonds is 3. The Balaban J connectivity index is 4.13. The summed E-state index contributed by atoms with van der Waals surface area (Å²) in [6.07, 6.45) is 0. The molecule has 0 aliphatic carbocycles. The van der Waals surface area contributed by atoms with Crippen molar-refractivity contribution in [1.82, 2.24) is 4.90 Å². The molecule has 0 spiro atoms. The van der Waals surface area contributed by atoms with E-state index in [2.05, 4.69) is 0 Å². The molecule has 0 aromatic rings. The van der Waals surface area contributed by atoms with E-state index in [0.29, 0.717) is 6.54 Å². The van der Waals surface area contributed by atoms with Crippen LogP contribution in [-0.4, -0.2) is 35.5 Å². The van der Waals surface area contributed by atoms with Crippen LogP contribution in [0.25, 0.3) is 0 Å². The molecule has 4 heteroatoms. The van der Waals surface area contributed by atoms with E-state index in [-0.39, 0.29) is 24.0 Å². The van der Waals surface area contributed by atoms with E-state index in [9.17, 15) is 9.59 Å².